The number of aliphatic hydroxyl groups excluding tert-OH is 2. The average molecular weight is 546 g/mol. The molecule has 7 atom stereocenters. The third-order valence-corrected chi connectivity index (χ3v) is 9.55. The fourth-order valence-corrected chi connectivity index (χ4v) is 6.28. The average Bonchev–Trinajstić information content (AvgIpc) is 3.48. The molecule has 2 N–H and O–H groups in total. The van der Waals surface area contributed by atoms with Crippen LogP contribution in [0.5, 0.6) is 0 Å². The molecule has 0 radical (unpaired) electrons. The van der Waals surface area contributed by atoms with Crippen LogP contribution in [0.2, 0.25) is 0 Å². The Hall–Kier alpha value is -1.83. The number of fused-ring (bicyclic) bond motifs is 1. The number of nitrogens with zero attached hydrogens (tertiary/aromatic N) is 1. The van der Waals surface area contributed by atoms with Gasteiger partial charge in [-0.3, -0.25) is 9.59 Å². The molecule has 2 aliphatic rings. The van der Waals surface area contributed by atoms with E-state index in [2.05, 4.69) is 31.8 Å². The maximum Gasteiger partial charge on any atom is 0.309 e. The highest BCUT2D eigenvalue weighted by Crippen LogP contribution is 2.52. The van der Waals surface area contributed by atoms with E-state index in [1.54, 1.807) is 32.1 Å². The van der Waals surface area contributed by atoms with Crippen molar-refractivity contribution < 1.29 is 24.5 Å². The quantitative estimate of drug-likeness (QED) is 0.342. The summed E-state index contributed by atoms with van der Waals surface area (Å²) in [6, 6.07) is 0. The molecule has 6 nitrogen and oxygen atoms in total. The molecular weight excluding hydrogens is 498 g/mol. The van der Waals surface area contributed by atoms with Crippen LogP contribution >= 0.6 is 11.3 Å². The minimum absolute atomic E-state index is 0.0227. The van der Waals surface area contributed by atoms with Crippen molar-refractivity contribution in [3.63, 3.8) is 0 Å². The number of allylic oxidation sites excluding steroid dienone is 1. The van der Waals surface area contributed by atoms with Gasteiger partial charge in [0.2, 0.25) is 0 Å². The number of carbonyl (C=O) groups is 2. The van der Waals surface area contributed by atoms with Crippen molar-refractivity contribution in [2.45, 2.75) is 106 Å². The number of aryl methyl sites for hydroxylation is 1. The Balaban J connectivity index is 1.98. The summed E-state index contributed by atoms with van der Waals surface area (Å²) in [7, 11) is 0. The van der Waals surface area contributed by atoms with Crippen molar-refractivity contribution in [2.24, 2.45) is 34.5 Å². The van der Waals surface area contributed by atoms with Crippen LogP contribution in [-0.4, -0.2) is 45.3 Å². The molecule has 7 heteroatoms. The molecule has 1 aromatic heterocycles. The van der Waals surface area contributed by atoms with E-state index in [0.29, 0.717) is 18.3 Å². The molecule has 3 rings (SSSR count). The minimum Gasteiger partial charge on any atom is -0.457 e. The third kappa shape index (κ3) is 7.22. The monoisotopic (exact) mass is 545 g/mol. The van der Waals surface area contributed by atoms with Gasteiger partial charge in [-0.2, -0.15) is 0 Å². The van der Waals surface area contributed by atoms with Gasteiger partial charge in [-0.25, -0.2) is 4.98 Å². The topological polar surface area (TPSA) is 96.7 Å². The van der Waals surface area contributed by atoms with Crippen LogP contribution in [0.25, 0.3) is 6.08 Å². The second kappa shape index (κ2) is 11.7. The van der Waals surface area contributed by atoms with Crippen LogP contribution in [0.1, 0.15) is 91.8 Å². The number of rotatable bonds is 2. The number of hydrogen-bond acceptors (Lipinski definition) is 7. The number of hydrogen-bond donors (Lipinski definition) is 2. The van der Waals surface area contributed by atoms with Crippen molar-refractivity contribution in [3.05, 3.63) is 33.3 Å². The zero-order valence-corrected chi connectivity index (χ0v) is 25.4. The Kier molecular flexibility index (Phi) is 9.48. The number of ketones is 1. The third-order valence-electron chi connectivity index (χ3n) is 8.76. The fraction of sp³-hybridized carbons (Fsp3) is 0.710. The normalized spacial score (nSPS) is 35.2. The first kappa shape index (κ1) is 30.7. The zero-order chi connectivity index (χ0) is 28.6. The lowest BCUT2D eigenvalue weighted by molar-refractivity contribution is -0.154. The van der Waals surface area contributed by atoms with E-state index in [0.717, 1.165) is 29.1 Å². The van der Waals surface area contributed by atoms with Gasteiger partial charge >= 0.3 is 5.97 Å². The Morgan fingerprint density at radius 3 is 2.42 bits per heavy atom. The summed E-state index contributed by atoms with van der Waals surface area (Å²) in [6.45, 7) is 17.6. The largest absolute Gasteiger partial charge is 0.457 e. The van der Waals surface area contributed by atoms with Gasteiger partial charge in [0.15, 0.2) is 0 Å². The molecule has 0 bridgehead atoms. The van der Waals surface area contributed by atoms with E-state index >= 15 is 0 Å². The van der Waals surface area contributed by atoms with E-state index in [4.69, 9.17) is 4.74 Å². The van der Waals surface area contributed by atoms with Gasteiger partial charge in [0, 0.05) is 17.7 Å². The van der Waals surface area contributed by atoms with Crippen LogP contribution in [0.3, 0.4) is 0 Å². The number of aliphatic hydroxyl groups is 2. The molecule has 0 aromatic carbocycles. The lowest BCUT2D eigenvalue weighted by atomic mass is 9.72. The van der Waals surface area contributed by atoms with Gasteiger partial charge in [0.25, 0.3) is 0 Å². The van der Waals surface area contributed by atoms with E-state index in [-0.39, 0.29) is 23.5 Å². The molecule has 0 spiro atoms. The molecule has 1 aliphatic heterocycles. The Labute approximate surface area is 232 Å². The summed E-state index contributed by atoms with van der Waals surface area (Å²) >= 11 is 1.57. The summed E-state index contributed by atoms with van der Waals surface area (Å²) in [5.41, 5.74) is 1.78. The highest BCUT2D eigenvalue weighted by molar-refractivity contribution is 7.09. The zero-order valence-electron chi connectivity index (χ0n) is 24.6. The molecule has 0 amide bonds. The Bertz CT molecular complexity index is 1080. The summed E-state index contributed by atoms with van der Waals surface area (Å²) in [5.74, 6) is -0.637. The molecular formula is C31H47NO5S. The highest BCUT2D eigenvalue weighted by Gasteiger charge is 2.48. The van der Waals surface area contributed by atoms with Crippen molar-refractivity contribution in [1.29, 1.82) is 0 Å². The smallest absolute Gasteiger partial charge is 0.309 e. The molecule has 1 fully saturated rings. The van der Waals surface area contributed by atoms with Gasteiger partial charge in [-0.05, 0) is 61.5 Å². The molecule has 2 heterocycles. The molecule has 0 unspecified atom stereocenters. The van der Waals surface area contributed by atoms with E-state index < -0.39 is 35.6 Å². The fourth-order valence-electron chi connectivity index (χ4n) is 5.71. The summed E-state index contributed by atoms with van der Waals surface area (Å²) in [4.78, 5) is 31.0. The molecule has 1 aliphatic carbocycles. The van der Waals surface area contributed by atoms with E-state index in [9.17, 15) is 19.8 Å². The number of carbonyl (C=O) groups excluding carboxylic acids is 2. The van der Waals surface area contributed by atoms with E-state index in [1.165, 1.54) is 5.57 Å². The van der Waals surface area contributed by atoms with Gasteiger partial charge in [0.05, 0.1) is 34.7 Å². The Morgan fingerprint density at radius 2 is 1.84 bits per heavy atom. The summed E-state index contributed by atoms with van der Waals surface area (Å²) in [6.07, 6.45) is 3.83. The van der Waals surface area contributed by atoms with Crippen molar-refractivity contribution in [2.75, 3.05) is 0 Å². The number of ether oxygens (including phenoxy) is 1. The van der Waals surface area contributed by atoms with Gasteiger partial charge in [-0.15, -0.1) is 11.3 Å². The number of Topliss-reactive ketones (excluding diaryl/α,β-unsaturated/α-hetero) is 1. The summed E-state index contributed by atoms with van der Waals surface area (Å²) < 4.78 is 5.96. The van der Waals surface area contributed by atoms with Crippen molar-refractivity contribution in [1.82, 2.24) is 4.98 Å². The number of aromatic nitrogens is 1. The second-order valence-electron chi connectivity index (χ2n) is 13.2. The SMILES string of the molecule is CC(=Cc1csc(C)n1)[C@H]1C/C=C(/C(C)(C)C)C[C@H]2C[C@H]2[C@@H](C)[C@H](O)[C@@H](C)C(=O)C(C)(C)[C@@H](O)CC(=O)O1. The maximum atomic E-state index is 13.4. The van der Waals surface area contributed by atoms with Gasteiger partial charge < -0.3 is 14.9 Å². The highest BCUT2D eigenvalue weighted by atomic mass is 32.1. The van der Waals surface area contributed by atoms with Crippen molar-refractivity contribution >= 4 is 29.2 Å². The molecule has 1 aromatic rings. The number of cyclic esters (lactones) is 1. The van der Waals surface area contributed by atoms with E-state index in [1.807, 2.05) is 32.2 Å². The number of esters is 1. The molecule has 212 valence electrons. The lowest BCUT2D eigenvalue weighted by Crippen LogP contribution is -2.46. The molecule has 38 heavy (non-hydrogen) atoms. The minimum atomic E-state index is -1.22. The van der Waals surface area contributed by atoms with Crippen LogP contribution in [0.15, 0.2) is 22.6 Å². The first-order valence-corrected chi connectivity index (χ1v) is 14.8. The number of thiazole rings is 1. The standard InChI is InChI=1S/C31H47NO5S/c1-17(12-23-16-38-20(4)32-23)25-11-10-22(30(5,6)7)13-21-14-24(21)18(2)28(35)19(3)29(36)31(8,9)26(33)15-27(34)37-25/h10,12,16,18-19,21,24-26,28,33,35H,11,13-15H2,1-9H3/b17-12?,22-10+/t18-,19-,21+,24+,25-,26+,28+/m1/s1. The van der Waals surface area contributed by atoms with Crippen LogP contribution in [0.4, 0.5) is 0 Å². The lowest BCUT2D eigenvalue weighted by Gasteiger charge is -2.34. The predicted octanol–water partition coefficient (Wildman–Crippen LogP) is 6.15. The maximum absolute atomic E-state index is 13.4. The molecule has 1 saturated carbocycles. The predicted molar refractivity (Wildman–Crippen MR) is 152 cm³/mol. The van der Waals surface area contributed by atoms with Crippen LogP contribution < -0.4 is 0 Å². The van der Waals surface area contributed by atoms with Crippen molar-refractivity contribution in [3.8, 4) is 0 Å². The Morgan fingerprint density at radius 1 is 1.18 bits per heavy atom. The molecule has 0 saturated heterocycles. The van der Waals surface area contributed by atoms with Crippen LogP contribution in [-0.2, 0) is 14.3 Å². The second-order valence-corrected chi connectivity index (χ2v) is 14.2. The van der Waals surface area contributed by atoms with Crippen LogP contribution in [0, 0.1) is 41.4 Å². The van der Waals surface area contributed by atoms with Gasteiger partial charge in [0.1, 0.15) is 11.9 Å². The first-order valence-electron chi connectivity index (χ1n) is 13.9. The first-order chi connectivity index (χ1) is 17.5. The van der Waals surface area contributed by atoms with Gasteiger partial charge in [-0.1, -0.05) is 60.1 Å². The summed E-state index contributed by atoms with van der Waals surface area (Å²) in [5, 5.41) is 25.1.